The molecule has 1 heterocycles. The summed E-state index contributed by atoms with van der Waals surface area (Å²) in [6.07, 6.45) is 2.77. The molecule has 6 nitrogen and oxygen atoms in total. The fraction of sp³-hybridized carbons (Fsp3) is 0.200. The third-order valence-electron chi connectivity index (χ3n) is 3.00. The lowest BCUT2D eigenvalue weighted by molar-refractivity contribution is 0.249. The molecular formula is C15H17N3O3S. The van der Waals surface area contributed by atoms with E-state index in [4.69, 9.17) is 0 Å². The minimum absolute atomic E-state index is 0.156. The average Bonchev–Trinajstić information content (AvgIpc) is 2.47. The molecule has 0 bridgehead atoms. The number of pyridine rings is 1. The molecule has 2 N–H and O–H groups in total. The summed E-state index contributed by atoms with van der Waals surface area (Å²) in [5.41, 5.74) is 1.15. The number of sulfone groups is 1. The summed E-state index contributed by atoms with van der Waals surface area (Å²) in [4.78, 5) is 16.3. The van der Waals surface area contributed by atoms with E-state index in [-0.39, 0.29) is 10.9 Å². The zero-order chi connectivity index (χ0) is 16.2. The third kappa shape index (κ3) is 4.29. The van der Waals surface area contributed by atoms with Crippen LogP contribution in [0, 0.1) is 0 Å². The molecule has 0 aliphatic heterocycles. The summed E-state index contributed by atoms with van der Waals surface area (Å²) in [5.74, 6) is 0. The smallest absolute Gasteiger partial charge is 0.319 e. The number of nitrogens with one attached hydrogen (secondary N) is 2. The number of amides is 2. The average molecular weight is 319 g/mol. The van der Waals surface area contributed by atoms with Gasteiger partial charge in [0.2, 0.25) is 0 Å². The number of hydrogen-bond donors (Lipinski definition) is 2. The number of carbonyl (C=O) groups excluding carboxylic acids is 1. The van der Waals surface area contributed by atoms with Crippen LogP contribution in [0.25, 0.3) is 0 Å². The first-order valence-electron chi connectivity index (χ1n) is 6.65. The fourth-order valence-corrected chi connectivity index (χ4v) is 2.54. The SMILES string of the molecule is C[C@@H](NC(=O)Nc1cccc(S(C)(=O)=O)c1)c1ccccn1. The van der Waals surface area contributed by atoms with Crippen LogP contribution in [0.15, 0.2) is 53.6 Å². The molecule has 0 saturated heterocycles. The molecule has 7 heteroatoms. The van der Waals surface area contributed by atoms with E-state index in [0.717, 1.165) is 11.9 Å². The molecule has 1 atom stereocenters. The van der Waals surface area contributed by atoms with Gasteiger partial charge in [-0.05, 0) is 37.3 Å². The Labute approximate surface area is 129 Å². The van der Waals surface area contributed by atoms with Crippen LogP contribution in [0.5, 0.6) is 0 Å². The first-order valence-corrected chi connectivity index (χ1v) is 8.54. The van der Waals surface area contributed by atoms with Crippen LogP contribution in [-0.2, 0) is 9.84 Å². The van der Waals surface area contributed by atoms with Gasteiger partial charge in [0, 0.05) is 18.1 Å². The van der Waals surface area contributed by atoms with Gasteiger partial charge in [-0.2, -0.15) is 0 Å². The van der Waals surface area contributed by atoms with Crippen LogP contribution >= 0.6 is 0 Å². The Bertz CT molecular complexity index is 761. The van der Waals surface area contributed by atoms with E-state index in [1.165, 1.54) is 12.1 Å². The van der Waals surface area contributed by atoms with Crippen molar-refractivity contribution in [1.29, 1.82) is 0 Å². The summed E-state index contributed by atoms with van der Waals surface area (Å²) in [6, 6.07) is 10.9. The van der Waals surface area contributed by atoms with Crippen molar-refractivity contribution < 1.29 is 13.2 Å². The highest BCUT2D eigenvalue weighted by molar-refractivity contribution is 7.90. The molecule has 0 aliphatic carbocycles. The Morgan fingerprint density at radius 1 is 1.18 bits per heavy atom. The Hall–Kier alpha value is -2.41. The molecule has 0 fully saturated rings. The third-order valence-corrected chi connectivity index (χ3v) is 4.11. The molecule has 0 saturated carbocycles. The van der Waals surface area contributed by atoms with E-state index in [0.29, 0.717) is 5.69 Å². The second kappa shape index (κ2) is 6.57. The summed E-state index contributed by atoms with van der Waals surface area (Å²) in [5, 5.41) is 5.35. The van der Waals surface area contributed by atoms with E-state index in [9.17, 15) is 13.2 Å². The molecule has 1 aromatic heterocycles. The predicted octanol–water partition coefficient (Wildman–Crippen LogP) is 2.37. The van der Waals surface area contributed by atoms with Gasteiger partial charge in [-0.3, -0.25) is 4.98 Å². The van der Waals surface area contributed by atoms with Crippen molar-refractivity contribution in [3.05, 3.63) is 54.4 Å². The van der Waals surface area contributed by atoms with E-state index in [1.807, 2.05) is 19.1 Å². The zero-order valence-electron chi connectivity index (χ0n) is 12.3. The molecule has 0 aliphatic rings. The van der Waals surface area contributed by atoms with Gasteiger partial charge in [-0.15, -0.1) is 0 Å². The Balaban J connectivity index is 2.04. The van der Waals surface area contributed by atoms with Gasteiger partial charge in [-0.1, -0.05) is 12.1 Å². The molecule has 1 aromatic carbocycles. The monoisotopic (exact) mass is 319 g/mol. The van der Waals surface area contributed by atoms with Crippen molar-refractivity contribution >= 4 is 21.6 Å². The largest absolute Gasteiger partial charge is 0.330 e. The number of benzene rings is 1. The number of nitrogens with zero attached hydrogens (tertiary/aromatic N) is 1. The maximum Gasteiger partial charge on any atom is 0.319 e. The van der Waals surface area contributed by atoms with Crippen LogP contribution in [0.2, 0.25) is 0 Å². The highest BCUT2D eigenvalue weighted by Gasteiger charge is 2.12. The molecule has 0 spiro atoms. The van der Waals surface area contributed by atoms with Gasteiger partial charge in [-0.25, -0.2) is 13.2 Å². The van der Waals surface area contributed by atoms with Gasteiger partial charge in [0.15, 0.2) is 9.84 Å². The van der Waals surface area contributed by atoms with Crippen molar-refractivity contribution in [2.24, 2.45) is 0 Å². The van der Waals surface area contributed by atoms with Crippen LogP contribution in [0.3, 0.4) is 0 Å². The lowest BCUT2D eigenvalue weighted by Crippen LogP contribution is -2.31. The van der Waals surface area contributed by atoms with Crippen LogP contribution in [-0.4, -0.2) is 25.7 Å². The van der Waals surface area contributed by atoms with Crippen LogP contribution in [0.4, 0.5) is 10.5 Å². The summed E-state index contributed by atoms with van der Waals surface area (Å²) < 4.78 is 23.0. The molecule has 116 valence electrons. The van der Waals surface area contributed by atoms with Crippen molar-refractivity contribution in [3.63, 3.8) is 0 Å². The van der Waals surface area contributed by atoms with Gasteiger partial charge in [0.05, 0.1) is 16.6 Å². The zero-order valence-corrected chi connectivity index (χ0v) is 13.1. The Morgan fingerprint density at radius 2 is 1.95 bits per heavy atom. The molecule has 0 unspecified atom stereocenters. The van der Waals surface area contributed by atoms with Gasteiger partial charge >= 0.3 is 6.03 Å². The maximum absolute atomic E-state index is 12.0. The van der Waals surface area contributed by atoms with Gasteiger partial charge in [0.25, 0.3) is 0 Å². The van der Waals surface area contributed by atoms with Gasteiger partial charge < -0.3 is 10.6 Å². The first kappa shape index (κ1) is 16.0. The van der Waals surface area contributed by atoms with Crippen LogP contribution < -0.4 is 10.6 Å². The van der Waals surface area contributed by atoms with E-state index in [1.54, 1.807) is 24.4 Å². The Morgan fingerprint density at radius 3 is 2.59 bits per heavy atom. The lowest BCUT2D eigenvalue weighted by atomic mass is 10.2. The van der Waals surface area contributed by atoms with E-state index in [2.05, 4.69) is 15.6 Å². The fourth-order valence-electron chi connectivity index (χ4n) is 1.87. The number of anilines is 1. The number of aromatic nitrogens is 1. The molecule has 0 radical (unpaired) electrons. The van der Waals surface area contributed by atoms with Crippen molar-refractivity contribution in [2.75, 3.05) is 11.6 Å². The molecule has 22 heavy (non-hydrogen) atoms. The standard InChI is InChI=1S/C15H17N3O3S/c1-11(14-8-3-4-9-16-14)17-15(19)18-12-6-5-7-13(10-12)22(2,20)21/h3-11H,1-2H3,(H2,17,18,19)/t11-/m1/s1. The minimum atomic E-state index is -3.31. The normalized spacial score (nSPS) is 12.5. The first-order chi connectivity index (χ1) is 10.4. The molecular weight excluding hydrogens is 302 g/mol. The van der Waals surface area contributed by atoms with Crippen molar-refractivity contribution in [1.82, 2.24) is 10.3 Å². The highest BCUT2D eigenvalue weighted by Crippen LogP contribution is 2.15. The predicted molar refractivity (Wildman–Crippen MR) is 84.4 cm³/mol. The highest BCUT2D eigenvalue weighted by atomic mass is 32.2. The lowest BCUT2D eigenvalue weighted by Gasteiger charge is -2.14. The van der Waals surface area contributed by atoms with Crippen LogP contribution in [0.1, 0.15) is 18.7 Å². The second-order valence-corrected chi connectivity index (χ2v) is 6.89. The number of rotatable bonds is 4. The summed E-state index contributed by atoms with van der Waals surface area (Å²) in [7, 11) is -3.31. The maximum atomic E-state index is 12.0. The minimum Gasteiger partial charge on any atom is -0.330 e. The summed E-state index contributed by atoms with van der Waals surface area (Å²) in [6.45, 7) is 1.81. The quantitative estimate of drug-likeness (QED) is 0.905. The topological polar surface area (TPSA) is 88.2 Å². The summed E-state index contributed by atoms with van der Waals surface area (Å²) >= 11 is 0. The second-order valence-electron chi connectivity index (χ2n) is 4.87. The van der Waals surface area contributed by atoms with Crippen molar-refractivity contribution in [2.45, 2.75) is 17.9 Å². The van der Waals surface area contributed by atoms with Crippen molar-refractivity contribution in [3.8, 4) is 0 Å². The molecule has 2 amide bonds. The van der Waals surface area contributed by atoms with E-state index < -0.39 is 15.9 Å². The molecule has 2 aromatic rings. The van der Waals surface area contributed by atoms with E-state index >= 15 is 0 Å². The number of carbonyl (C=O) groups is 1. The Kier molecular flexibility index (Phi) is 4.77. The number of urea groups is 1. The number of hydrogen-bond acceptors (Lipinski definition) is 4. The van der Waals surface area contributed by atoms with Gasteiger partial charge in [0.1, 0.15) is 0 Å². The molecule has 2 rings (SSSR count).